The number of anilines is 1. The number of nitrogens with one attached hydrogen (secondary N) is 2. The minimum Gasteiger partial charge on any atom is -0.493 e. The SMILES string of the molecule is COc1ccc(NC(=O)C(C)OC(=O)CNC(=O)Cc2ccccc2)cc1OC. The summed E-state index contributed by atoms with van der Waals surface area (Å²) < 4.78 is 15.4. The highest BCUT2D eigenvalue weighted by Gasteiger charge is 2.19. The maximum atomic E-state index is 12.2. The fourth-order valence-corrected chi connectivity index (χ4v) is 2.46. The monoisotopic (exact) mass is 400 g/mol. The first-order valence-electron chi connectivity index (χ1n) is 8.96. The quantitative estimate of drug-likeness (QED) is 0.624. The molecule has 154 valence electrons. The van der Waals surface area contributed by atoms with E-state index in [4.69, 9.17) is 14.2 Å². The van der Waals surface area contributed by atoms with Crippen molar-refractivity contribution in [3.63, 3.8) is 0 Å². The lowest BCUT2D eigenvalue weighted by Gasteiger charge is -2.15. The summed E-state index contributed by atoms with van der Waals surface area (Å²) in [5.41, 5.74) is 1.30. The third-order valence-corrected chi connectivity index (χ3v) is 3.97. The van der Waals surface area contributed by atoms with Gasteiger partial charge in [0, 0.05) is 11.8 Å². The molecule has 2 aromatic rings. The molecule has 0 spiro atoms. The zero-order valence-corrected chi connectivity index (χ0v) is 16.6. The van der Waals surface area contributed by atoms with Crippen molar-refractivity contribution in [2.75, 3.05) is 26.1 Å². The highest BCUT2D eigenvalue weighted by molar-refractivity contribution is 5.95. The van der Waals surface area contributed by atoms with Crippen LogP contribution < -0.4 is 20.1 Å². The van der Waals surface area contributed by atoms with Crippen LogP contribution >= 0.6 is 0 Å². The van der Waals surface area contributed by atoms with Gasteiger partial charge in [-0.1, -0.05) is 30.3 Å². The van der Waals surface area contributed by atoms with Crippen LogP contribution in [-0.2, 0) is 25.5 Å². The van der Waals surface area contributed by atoms with Crippen LogP contribution in [0.3, 0.4) is 0 Å². The number of methoxy groups -OCH3 is 2. The third-order valence-electron chi connectivity index (χ3n) is 3.97. The van der Waals surface area contributed by atoms with Gasteiger partial charge in [-0.05, 0) is 24.6 Å². The summed E-state index contributed by atoms with van der Waals surface area (Å²) in [7, 11) is 3.00. The molecular weight excluding hydrogens is 376 g/mol. The zero-order chi connectivity index (χ0) is 21.2. The predicted octanol–water partition coefficient (Wildman–Crippen LogP) is 1.93. The summed E-state index contributed by atoms with van der Waals surface area (Å²) in [6.45, 7) is 1.12. The average Bonchev–Trinajstić information content (AvgIpc) is 2.72. The number of carbonyl (C=O) groups excluding carboxylic acids is 3. The van der Waals surface area contributed by atoms with Gasteiger partial charge in [0.05, 0.1) is 20.6 Å². The van der Waals surface area contributed by atoms with E-state index in [-0.39, 0.29) is 18.9 Å². The first kappa shape index (κ1) is 21.7. The highest BCUT2D eigenvalue weighted by atomic mass is 16.5. The molecule has 0 aliphatic rings. The van der Waals surface area contributed by atoms with Crippen molar-refractivity contribution in [1.82, 2.24) is 5.32 Å². The van der Waals surface area contributed by atoms with Gasteiger partial charge < -0.3 is 24.8 Å². The van der Waals surface area contributed by atoms with E-state index in [1.807, 2.05) is 30.3 Å². The van der Waals surface area contributed by atoms with Crippen LogP contribution in [0, 0.1) is 0 Å². The van der Waals surface area contributed by atoms with Gasteiger partial charge in [-0.25, -0.2) is 0 Å². The van der Waals surface area contributed by atoms with E-state index in [0.29, 0.717) is 17.2 Å². The topological polar surface area (TPSA) is 103 Å². The molecule has 8 heteroatoms. The van der Waals surface area contributed by atoms with E-state index >= 15 is 0 Å². The molecule has 1 unspecified atom stereocenters. The van der Waals surface area contributed by atoms with Gasteiger partial charge in [-0.15, -0.1) is 0 Å². The molecule has 1 atom stereocenters. The van der Waals surface area contributed by atoms with Crippen LogP contribution in [0.4, 0.5) is 5.69 Å². The Kier molecular flexibility index (Phi) is 8.02. The number of amides is 2. The van der Waals surface area contributed by atoms with Crippen molar-refractivity contribution in [3.05, 3.63) is 54.1 Å². The lowest BCUT2D eigenvalue weighted by atomic mass is 10.1. The van der Waals surface area contributed by atoms with E-state index in [0.717, 1.165) is 5.56 Å². The number of benzene rings is 2. The molecule has 0 saturated carbocycles. The summed E-state index contributed by atoms with van der Waals surface area (Å²) in [5.74, 6) is -0.551. The van der Waals surface area contributed by atoms with E-state index in [2.05, 4.69) is 10.6 Å². The second-order valence-corrected chi connectivity index (χ2v) is 6.13. The van der Waals surface area contributed by atoms with Gasteiger partial charge in [-0.3, -0.25) is 14.4 Å². The Morgan fingerprint density at radius 1 is 0.966 bits per heavy atom. The van der Waals surface area contributed by atoms with Gasteiger partial charge in [0.15, 0.2) is 17.6 Å². The molecule has 0 fully saturated rings. The van der Waals surface area contributed by atoms with Crippen molar-refractivity contribution in [3.8, 4) is 11.5 Å². The minimum atomic E-state index is -1.04. The van der Waals surface area contributed by atoms with Crippen LogP contribution in [-0.4, -0.2) is 44.7 Å². The zero-order valence-electron chi connectivity index (χ0n) is 16.6. The number of rotatable bonds is 9. The Morgan fingerprint density at radius 2 is 1.66 bits per heavy atom. The van der Waals surface area contributed by atoms with Crippen molar-refractivity contribution >= 4 is 23.5 Å². The maximum absolute atomic E-state index is 12.2. The first-order chi connectivity index (χ1) is 13.9. The van der Waals surface area contributed by atoms with Crippen molar-refractivity contribution in [2.45, 2.75) is 19.4 Å². The summed E-state index contributed by atoms with van der Waals surface area (Å²) in [6.07, 6.45) is -0.884. The maximum Gasteiger partial charge on any atom is 0.326 e. The molecular formula is C21H24N2O6. The first-order valence-corrected chi connectivity index (χ1v) is 8.96. The molecule has 0 heterocycles. The molecule has 0 aliphatic carbocycles. The van der Waals surface area contributed by atoms with Crippen molar-refractivity contribution in [1.29, 1.82) is 0 Å². The van der Waals surface area contributed by atoms with Gasteiger partial charge in [0.2, 0.25) is 5.91 Å². The molecule has 0 bridgehead atoms. The average molecular weight is 400 g/mol. The fourth-order valence-electron chi connectivity index (χ4n) is 2.46. The van der Waals surface area contributed by atoms with Gasteiger partial charge in [0.25, 0.3) is 5.91 Å². The van der Waals surface area contributed by atoms with Crippen LogP contribution in [0.5, 0.6) is 11.5 Å². The number of esters is 1. The van der Waals surface area contributed by atoms with Crippen LogP contribution in [0.25, 0.3) is 0 Å². The molecule has 29 heavy (non-hydrogen) atoms. The predicted molar refractivity (Wildman–Crippen MR) is 107 cm³/mol. The molecule has 2 N–H and O–H groups in total. The molecule has 2 aromatic carbocycles. The second-order valence-electron chi connectivity index (χ2n) is 6.13. The fraction of sp³-hybridized carbons (Fsp3) is 0.286. The summed E-state index contributed by atoms with van der Waals surface area (Å²) in [6, 6.07) is 14.0. The Balaban J connectivity index is 1.79. The lowest BCUT2D eigenvalue weighted by molar-refractivity contribution is -0.152. The van der Waals surface area contributed by atoms with Crippen LogP contribution in [0.2, 0.25) is 0 Å². The summed E-state index contributed by atoms with van der Waals surface area (Å²) in [4.78, 5) is 36.0. The third kappa shape index (κ3) is 6.84. The molecule has 2 rings (SSSR count). The van der Waals surface area contributed by atoms with Gasteiger partial charge in [-0.2, -0.15) is 0 Å². The van der Waals surface area contributed by atoms with Crippen LogP contribution in [0.15, 0.2) is 48.5 Å². The molecule has 8 nitrogen and oxygen atoms in total. The molecule has 2 amide bonds. The van der Waals surface area contributed by atoms with E-state index in [1.54, 1.807) is 18.2 Å². The Morgan fingerprint density at radius 3 is 2.31 bits per heavy atom. The number of ether oxygens (including phenoxy) is 3. The summed E-state index contributed by atoms with van der Waals surface area (Å²) >= 11 is 0. The number of hydrogen-bond acceptors (Lipinski definition) is 6. The van der Waals surface area contributed by atoms with Gasteiger partial charge in [0.1, 0.15) is 6.54 Å². The van der Waals surface area contributed by atoms with Crippen LogP contribution in [0.1, 0.15) is 12.5 Å². The number of carbonyl (C=O) groups is 3. The second kappa shape index (κ2) is 10.7. The van der Waals surface area contributed by atoms with Crippen molar-refractivity contribution < 1.29 is 28.6 Å². The largest absolute Gasteiger partial charge is 0.493 e. The van der Waals surface area contributed by atoms with E-state index in [9.17, 15) is 14.4 Å². The highest BCUT2D eigenvalue weighted by Crippen LogP contribution is 2.29. The molecule has 0 aromatic heterocycles. The minimum absolute atomic E-state index is 0.156. The van der Waals surface area contributed by atoms with E-state index in [1.165, 1.54) is 21.1 Å². The van der Waals surface area contributed by atoms with Gasteiger partial charge >= 0.3 is 5.97 Å². The Hall–Kier alpha value is -3.55. The Bertz CT molecular complexity index is 854. The summed E-state index contributed by atoms with van der Waals surface area (Å²) in [5, 5.41) is 5.11. The molecule has 0 saturated heterocycles. The Labute approximate surface area is 169 Å². The van der Waals surface area contributed by atoms with Crippen molar-refractivity contribution in [2.24, 2.45) is 0 Å². The smallest absolute Gasteiger partial charge is 0.326 e. The number of hydrogen-bond donors (Lipinski definition) is 2. The lowest BCUT2D eigenvalue weighted by Crippen LogP contribution is -2.36. The normalized spacial score (nSPS) is 11.1. The standard InChI is InChI=1S/C21H24N2O6/c1-14(21(26)23-16-9-10-17(27-2)18(12-16)28-3)29-20(25)13-22-19(24)11-15-7-5-4-6-8-15/h4-10,12,14H,11,13H2,1-3H3,(H,22,24)(H,23,26). The molecule has 0 aliphatic heterocycles. The molecule has 0 radical (unpaired) electrons. The van der Waals surface area contributed by atoms with E-state index < -0.39 is 18.0 Å².